The van der Waals surface area contributed by atoms with E-state index in [2.05, 4.69) is 12.1 Å². The molecule has 0 bridgehead atoms. The van der Waals surface area contributed by atoms with Crippen molar-refractivity contribution in [3.05, 3.63) is 65.2 Å². The van der Waals surface area contributed by atoms with Gasteiger partial charge in [0.1, 0.15) is 11.5 Å². The van der Waals surface area contributed by atoms with Gasteiger partial charge in [-0.2, -0.15) is 0 Å². The van der Waals surface area contributed by atoms with Crippen LogP contribution in [0.4, 0.5) is 0 Å². The lowest BCUT2D eigenvalue weighted by Crippen LogP contribution is -2.01. The van der Waals surface area contributed by atoms with Gasteiger partial charge in [-0.05, 0) is 85.9 Å². The Hall–Kier alpha value is -2.75. The Morgan fingerprint density at radius 3 is 2.07 bits per heavy atom. The highest BCUT2D eigenvalue weighted by atomic mass is 16.5. The molecule has 4 heteroatoms. The van der Waals surface area contributed by atoms with Crippen LogP contribution < -0.4 is 4.74 Å². The van der Waals surface area contributed by atoms with E-state index in [4.69, 9.17) is 9.84 Å². The Bertz CT molecular complexity index is 811. The lowest BCUT2D eigenvalue weighted by molar-refractivity contribution is -0.137. The van der Waals surface area contributed by atoms with Gasteiger partial charge in [-0.15, -0.1) is 0 Å². The molecule has 2 aromatic carbocycles. The smallest absolute Gasteiger partial charge is 0.303 e. The molecule has 29 heavy (non-hydrogen) atoms. The zero-order valence-corrected chi connectivity index (χ0v) is 16.9. The number of carboxylic acids is 1. The van der Waals surface area contributed by atoms with E-state index in [9.17, 15) is 9.90 Å². The molecule has 0 amide bonds. The second-order valence-electron chi connectivity index (χ2n) is 7.66. The van der Waals surface area contributed by atoms with E-state index < -0.39 is 5.97 Å². The highest BCUT2D eigenvalue weighted by molar-refractivity contribution is 5.82. The average Bonchev–Trinajstić information content (AvgIpc) is 2.74. The zero-order chi connectivity index (χ0) is 20.5. The van der Waals surface area contributed by atoms with Crippen molar-refractivity contribution in [1.82, 2.24) is 0 Å². The molecule has 0 aliphatic heterocycles. The molecule has 1 fully saturated rings. The van der Waals surface area contributed by atoms with Gasteiger partial charge < -0.3 is 14.9 Å². The van der Waals surface area contributed by atoms with Crippen LogP contribution in [0.2, 0.25) is 0 Å². The Morgan fingerprint density at radius 1 is 0.828 bits per heavy atom. The Kier molecular flexibility index (Phi) is 7.74. The number of hydrogen-bond donors (Lipinski definition) is 2. The number of carboxylic acid groups (broad SMARTS) is 1. The number of carbonyl (C=O) groups is 1. The van der Waals surface area contributed by atoms with E-state index >= 15 is 0 Å². The fourth-order valence-electron chi connectivity index (χ4n) is 3.89. The van der Waals surface area contributed by atoms with Gasteiger partial charge in [-0.1, -0.05) is 36.3 Å². The van der Waals surface area contributed by atoms with Gasteiger partial charge in [0.25, 0.3) is 0 Å². The molecular formula is C25H30O4. The number of phenolic OH excluding ortho intramolecular Hbond substituents is 1. The number of aliphatic carboxylic acids is 1. The molecule has 0 atom stereocenters. The minimum Gasteiger partial charge on any atom is -0.508 e. The van der Waals surface area contributed by atoms with Crippen molar-refractivity contribution >= 4 is 11.5 Å². The van der Waals surface area contributed by atoms with Crippen LogP contribution >= 0.6 is 0 Å². The third-order valence-corrected chi connectivity index (χ3v) is 5.41. The summed E-state index contributed by atoms with van der Waals surface area (Å²) in [6.45, 7) is 0.602. The van der Waals surface area contributed by atoms with Crippen LogP contribution in [0.3, 0.4) is 0 Å². The fourth-order valence-corrected chi connectivity index (χ4v) is 3.89. The van der Waals surface area contributed by atoms with Crippen molar-refractivity contribution in [3.63, 3.8) is 0 Å². The number of ether oxygens (including phenoxy) is 1. The molecule has 0 unspecified atom stereocenters. The van der Waals surface area contributed by atoms with Crippen LogP contribution in [0.15, 0.2) is 54.1 Å². The standard InChI is InChI=1S/C25H30O4/c26-22-14-10-20(11-15-22)25(19-7-3-1-4-8-19)21-12-16-23(17-13-21)29-18-6-2-5-9-24(27)28/h10-17,26H,1-9,18H2,(H,27,28). The van der Waals surface area contributed by atoms with Crippen molar-refractivity contribution in [2.75, 3.05) is 6.61 Å². The summed E-state index contributed by atoms with van der Waals surface area (Å²) in [6.07, 6.45) is 8.67. The quantitative estimate of drug-likeness (QED) is 0.498. The topological polar surface area (TPSA) is 66.8 Å². The molecule has 0 saturated heterocycles. The van der Waals surface area contributed by atoms with Crippen LogP contribution in [-0.4, -0.2) is 22.8 Å². The van der Waals surface area contributed by atoms with Gasteiger partial charge in [0, 0.05) is 6.42 Å². The summed E-state index contributed by atoms with van der Waals surface area (Å²) in [5.41, 5.74) is 5.10. The van der Waals surface area contributed by atoms with Crippen molar-refractivity contribution in [1.29, 1.82) is 0 Å². The minimum atomic E-state index is -0.738. The van der Waals surface area contributed by atoms with E-state index in [0.29, 0.717) is 13.0 Å². The first-order valence-electron chi connectivity index (χ1n) is 10.6. The van der Waals surface area contributed by atoms with Crippen LogP contribution in [0.1, 0.15) is 68.9 Å². The highest BCUT2D eigenvalue weighted by Crippen LogP contribution is 2.36. The van der Waals surface area contributed by atoms with Crippen LogP contribution in [-0.2, 0) is 4.79 Å². The maximum atomic E-state index is 10.5. The monoisotopic (exact) mass is 394 g/mol. The average molecular weight is 395 g/mol. The second-order valence-corrected chi connectivity index (χ2v) is 7.66. The Morgan fingerprint density at radius 2 is 1.45 bits per heavy atom. The molecule has 154 valence electrons. The molecule has 2 N–H and O–H groups in total. The lowest BCUT2D eigenvalue weighted by Gasteiger charge is -2.20. The van der Waals surface area contributed by atoms with Crippen LogP contribution in [0, 0.1) is 0 Å². The Labute approximate surface area is 172 Å². The van der Waals surface area contributed by atoms with Gasteiger partial charge in [0.2, 0.25) is 0 Å². The van der Waals surface area contributed by atoms with Crippen molar-refractivity contribution in [3.8, 4) is 11.5 Å². The largest absolute Gasteiger partial charge is 0.508 e. The highest BCUT2D eigenvalue weighted by Gasteiger charge is 2.15. The Balaban J connectivity index is 1.67. The third kappa shape index (κ3) is 6.38. The van der Waals surface area contributed by atoms with Crippen molar-refractivity contribution in [2.45, 2.75) is 57.8 Å². The van der Waals surface area contributed by atoms with Crippen LogP contribution in [0.5, 0.6) is 11.5 Å². The zero-order valence-electron chi connectivity index (χ0n) is 16.9. The van der Waals surface area contributed by atoms with E-state index in [1.807, 2.05) is 24.3 Å². The fraction of sp³-hybridized carbons (Fsp3) is 0.400. The summed E-state index contributed by atoms with van der Waals surface area (Å²) in [6, 6.07) is 15.7. The SMILES string of the molecule is O=C(O)CCCCCOc1ccc(C(=C2CCCCC2)c2ccc(O)cc2)cc1. The summed E-state index contributed by atoms with van der Waals surface area (Å²) in [5.74, 6) is 0.387. The number of allylic oxidation sites excluding steroid dienone is 1. The summed E-state index contributed by atoms with van der Waals surface area (Å²) >= 11 is 0. The summed E-state index contributed by atoms with van der Waals surface area (Å²) in [5, 5.41) is 18.3. The molecule has 4 nitrogen and oxygen atoms in total. The molecule has 1 aliphatic rings. The number of hydrogen-bond acceptors (Lipinski definition) is 3. The number of phenols is 1. The molecule has 0 spiro atoms. The first kappa shape index (κ1) is 21.0. The number of unbranched alkanes of at least 4 members (excludes halogenated alkanes) is 2. The molecule has 0 aromatic heterocycles. The maximum absolute atomic E-state index is 10.5. The second kappa shape index (κ2) is 10.7. The summed E-state index contributed by atoms with van der Waals surface area (Å²) < 4.78 is 5.82. The van der Waals surface area contributed by atoms with E-state index in [-0.39, 0.29) is 12.2 Å². The number of rotatable bonds is 9. The minimum absolute atomic E-state index is 0.226. The molecule has 1 saturated carbocycles. The number of aromatic hydroxyl groups is 1. The van der Waals surface area contributed by atoms with Gasteiger partial charge in [0.05, 0.1) is 6.61 Å². The molecule has 2 aromatic rings. The van der Waals surface area contributed by atoms with E-state index in [0.717, 1.165) is 37.0 Å². The predicted molar refractivity (Wildman–Crippen MR) is 115 cm³/mol. The van der Waals surface area contributed by atoms with Crippen molar-refractivity contribution in [2.24, 2.45) is 0 Å². The van der Waals surface area contributed by atoms with Gasteiger partial charge >= 0.3 is 5.97 Å². The third-order valence-electron chi connectivity index (χ3n) is 5.41. The lowest BCUT2D eigenvalue weighted by atomic mass is 9.85. The molecule has 0 radical (unpaired) electrons. The maximum Gasteiger partial charge on any atom is 0.303 e. The first-order valence-corrected chi connectivity index (χ1v) is 10.6. The van der Waals surface area contributed by atoms with Gasteiger partial charge in [-0.25, -0.2) is 0 Å². The summed E-state index contributed by atoms with van der Waals surface area (Å²) in [7, 11) is 0. The van der Waals surface area contributed by atoms with E-state index in [1.165, 1.54) is 36.0 Å². The summed E-state index contributed by atoms with van der Waals surface area (Å²) in [4.78, 5) is 10.5. The molecule has 3 rings (SSSR count). The normalized spacial score (nSPS) is 13.9. The molecule has 0 heterocycles. The van der Waals surface area contributed by atoms with Crippen LogP contribution in [0.25, 0.3) is 5.57 Å². The van der Waals surface area contributed by atoms with Gasteiger partial charge in [0.15, 0.2) is 0 Å². The van der Waals surface area contributed by atoms with Crippen molar-refractivity contribution < 1.29 is 19.7 Å². The number of benzene rings is 2. The van der Waals surface area contributed by atoms with E-state index in [1.54, 1.807) is 12.1 Å². The predicted octanol–water partition coefficient (Wildman–Crippen LogP) is 6.18. The molecular weight excluding hydrogens is 364 g/mol. The first-order chi connectivity index (χ1) is 14.1. The van der Waals surface area contributed by atoms with Gasteiger partial charge in [-0.3, -0.25) is 4.79 Å². The molecule has 1 aliphatic carbocycles.